The van der Waals surface area contributed by atoms with E-state index in [2.05, 4.69) is 22.0 Å². The summed E-state index contributed by atoms with van der Waals surface area (Å²) in [6, 6.07) is 5.37. The predicted molar refractivity (Wildman–Crippen MR) is 149 cm³/mol. The van der Waals surface area contributed by atoms with Gasteiger partial charge in [0.15, 0.2) is 5.75 Å². The molecular formula is C29H35F3N6O3. The zero-order chi connectivity index (χ0) is 29.1. The Morgan fingerprint density at radius 2 is 1.76 bits per heavy atom. The highest BCUT2D eigenvalue weighted by Gasteiger charge is 2.30. The van der Waals surface area contributed by atoms with E-state index in [-0.39, 0.29) is 11.8 Å². The largest absolute Gasteiger partial charge is 0.494 e. The summed E-state index contributed by atoms with van der Waals surface area (Å²) in [4.78, 5) is 11.7. The third-order valence-electron chi connectivity index (χ3n) is 7.65. The van der Waals surface area contributed by atoms with Crippen molar-refractivity contribution in [3.63, 3.8) is 0 Å². The summed E-state index contributed by atoms with van der Waals surface area (Å²) < 4.78 is 52.5. The van der Waals surface area contributed by atoms with E-state index in [1.54, 1.807) is 29.0 Å². The van der Waals surface area contributed by atoms with Crippen LogP contribution < -0.4 is 9.47 Å². The van der Waals surface area contributed by atoms with Crippen molar-refractivity contribution in [3.05, 3.63) is 42.5 Å². The number of alkyl halides is 3. The van der Waals surface area contributed by atoms with Gasteiger partial charge in [-0.3, -0.25) is 9.25 Å². The van der Waals surface area contributed by atoms with Gasteiger partial charge < -0.3 is 19.5 Å². The van der Waals surface area contributed by atoms with Gasteiger partial charge in [-0.1, -0.05) is 12.8 Å². The summed E-state index contributed by atoms with van der Waals surface area (Å²) in [6.45, 7) is 0.812. The van der Waals surface area contributed by atoms with Crippen molar-refractivity contribution >= 4 is 10.9 Å². The van der Waals surface area contributed by atoms with Crippen molar-refractivity contribution < 1.29 is 27.8 Å². The van der Waals surface area contributed by atoms with Crippen LogP contribution in [-0.4, -0.2) is 74.9 Å². The SMILES string of the molecule is COc1cc(-c2ccc3c(O)n(-c4cnn(CC(F)(F)F)c4)c(C4CCCCN(C)CCCC4)c3n2)cnc1OC. The second kappa shape index (κ2) is 12.0. The van der Waals surface area contributed by atoms with Gasteiger partial charge in [0.05, 0.1) is 48.4 Å². The maximum Gasteiger partial charge on any atom is 0.408 e. The Bertz CT molecular complexity index is 1490. The molecule has 5 heterocycles. The number of aromatic hydroxyl groups is 1. The highest BCUT2D eigenvalue weighted by molar-refractivity contribution is 5.91. The second-order valence-corrected chi connectivity index (χ2v) is 10.6. The molecule has 12 heteroatoms. The fourth-order valence-electron chi connectivity index (χ4n) is 5.66. The van der Waals surface area contributed by atoms with Crippen LogP contribution in [0.15, 0.2) is 36.8 Å². The van der Waals surface area contributed by atoms with Gasteiger partial charge in [-0.2, -0.15) is 18.3 Å². The smallest absolute Gasteiger partial charge is 0.408 e. The number of hydrogen-bond acceptors (Lipinski definition) is 7. The minimum absolute atomic E-state index is 0.0408. The zero-order valence-electron chi connectivity index (χ0n) is 23.5. The van der Waals surface area contributed by atoms with Crippen LogP contribution in [0.5, 0.6) is 17.5 Å². The second-order valence-electron chi connectivity index (χ2n) is 10.6. The standard InChI is InChI=1S/C29H35F3N6O3/c1-36-12-6-4-8-19(9-5-7-13-36)26-25-22(28(39)38(26)21-16-34-37(17-21)18-29(30,31)32)10-11-23(35-25)20-14-24(40-2)27(41-3)33-15-20/h10-11,14-17,19,39H,4-9,12-13,18H2,1-3H3. The number of fused-ring (bicyclic) bond motifs is 1. The molecular weight excluding hydrogens is 537 g/mol. The molecule has 0 bridgehead atoms. The minimum Gasteiger partial charge on any atom is -0.494 e. The van der Waals surface area contributed by atoms with E-state index in [1.807, 2.05) is 0 Å². The van der Waals surface area contributed by atoms with Crippen LogP contribution >= 0.6 is 0 Å². The number of halogens is 3. The number of methoxy groups -OCH3 is 2. The van der Waals surface area contributed by atoms with Crippen LogP contribution in [0.4, 0.5) is 13.2 Å². The van der Waals surface area contributed by atoms with Gasteiger partial charge in [0, 0.05) is 23.9 Å². The molecule has 1 fully saturated rings. The van der Waals surface area contributed by atoms with Crippen molar-refractivity contribution in [2.24, 2.45) is 0 Å². The lowest BCUT2D eigenvalue weighted by atomic mass is 9.91. The van der Waals surface area contributed by atoms with Crippen molar-refractivity contribution in [1.29, 1.82) is 0 Å². The van der Waals surface area contributed by atoms with Gasteiger partial charge in [0.25, 0.3) is 5.88 Å². The molecule has 0 unspecified atom stereocenters. The fourth-order valence-corrected chi connectivity index (χ4v) is 5.66. The van der Waals surface area contributed by atoms with Crippen LogP contribution in [0.2, 0.25) is 0 Å². The summed E-state index contributed by atoms with van der Waals surface area (Å²) >= 11 is 0. The third-order valence-corrected chi connectivity index (χ3v) is 7.65. The number of ether oxygens (including phenoxy) is 2. The van der Waals surface area contributed by atoms with Crippen molar-refractivity contribution in [2.45, 2.75) is 57.2 Å². The van der Waals surface area contributed by atoms with Gasteiger partial charge in [-0.25, -0.2) is 9.97 Å². The molecule has 0 spiro atoms. The van der Waals surface area contributed by atoms with Gasteiger partial charge in [-0.15, -0.1) is 0 Å². The normalized spacial score (nSPS) is 16.2. The minimum atomic E-state index is -4.41. The number of nitrogens with zero attached hydrogens (tertiary/aromatic N) is 6. The first-order valence-corrected chi connectivity index (χ1v) is 13.8. The molecule has 0 atom stereocenters. The molecule has 0 aliphatic carbocycles. The van der Waals surface area contributed by atoms with Crippen molar-refractivity contribution in [1.82, 2.24) is 29.2 Å². The molecule has 0 radical (unpaired) electrons. The van der Waals surface area contributed by atoms with E-state index in [9.17, 15) is 18.3 Å². The number of pyridine rings is 2. The molecule has 0 aromatic carbocycles. The van der Waals surface area contributed by atoms with Crippen LogP contribution in [0.3, 0.4) is 0 Å². The molecule has 0 saturated carbocycles. The van der Waals surface area contributed by atoms with E-state index >= 15 is 0 Å². The lowest BCUT2D eigenvalue weighted by molar-refractivity contribution is -0.142. The molecule has 4 aromatic heterocycles. The average molecular weight is 573 g/mol. The van der Waals surface area contributed by atoms with Crippen LogP contribution in [-0.2, 0) is 6.54 Å². The third kappa shape index (κ3) is 6.27. The first kappa shape index (κ1) is 28.7. The quantitative estimate of drug-likeness (QED) is 0.306. The van der Waals surface area contributed by atoms with Crippen molar-refractivity contribution in [2.75, 3.05) is 34.4 Å². The average Bonchev–Trinajstić information content (AvgIpc) is 3.51. The fraction of sp³-hybridized carbons (Fsp3) is 0.483. The maximum atomic E-state index is 13.1. The molecule has 220 valence electrons. The summed E-state index contributed by atoms with van der Waals surface area (Å²) in [5, 5.41) is 16.0. The summed E-state index contributed by atoms with van der Waals surface area (Å²) in [7, 11) is 5.19. The van der Waals surface area contributed by atoms with Crippen LogP contribution in [0.25, 0.3) is 27.8 Å². The monoisotopic (exact) mass is 572 g/mol. The van der Waals surface area contributed by atoms with Crippen LogP contribution in [0, 0.1) is 0 Å². The summed E-state index contributed by atoms with van der Waals surface area (Å²) in [5.74, 6) is 0.786. The Kier molecular flexibility index (Phi) is 8.39. The highest BCUT2D eigenvalue weighted by Crippen LogP contribution is 2.42. The van der Waals surface area contributed by atoms with E-state index in [4.69, 9.17) is 14.5 Å². The van der Waals surface area contributed by atoms with Gasteiger partial charge in [0.2, 0.25) is 5.88 Å². The first-order valence-electron chi connectivity index (χ1n) is 13.8. The zero-order valence-corrected chi connectivity index (χ0v) is 23.5. The highest BCUT2D eigenvalue weighted by atomic mass is 19.4. The molecule has 1 saturated heterocycles. The Hall–Kier alpha value is -3.80. The van der Waals surface area contributed by atoms with E-state index in [0.717, 1.165) is 62.0 Å². The maximum absolute atomic E-state index is 13.1. The lowest BCUT2D eigenvalue weighted by Gasteiger charge is -2.23. The lowest BCUT2D eigenvalue weighted by Crippen LogP contribution is -2.22. The van der Waals surface area contributed by atoms with E-state index in [1.165, 1.54) is 26.6 Å². The van der Waals surface area contributed by atoms with Gasteiger partial charge >= 0.3 is 6.18 Å². The molecule has 1 aliphatic rings. The molecule has 1 aliphatic heterocycles. The Balaban J connectivity index is 1.65. The first-order chi connectivity index (χ1) is 19.7. The Morgan fingerprint density at radius 3 is 2.41 bits per heavy atom. The summed E-state index contributed by atoms with van der Waals surface area (Å²) in [5.41, 5.74) is 3.09. The molecule has 9 nitrogen and oxygen atoms in total. The Labute approximate surface area is 236 Å². The van der Waals surface area contributed by atoms with Gasteiger partial charge in [0.1, 0.15) is 6.54 Å². The van der Waals surface area contributed by atoms with Crippen LogP contribution in [0.1, 0.15) is 50.1 Å². The van der Waals surface area contributed by atoms with Crippen molar-refractivity contribution in [3.8, 4) is 34.5 Å². The van der Waals surface area contributed by atoms with E-state index < -0.39 is 12.7 Å². The number of aromatic nitrogens is 5. The number of hydrogen-bond donors (Lipinski definition) is 1. The van der Waals surface area contributed by atoms with Gasteiger partial charge in [-0.05, 0) is 64.0 Å². The molecule has 4 aromatic rings. The topological polar surface area (TPSA) is 90.5 Å². The molecule has 0 amide bonds. The number of rotatable bonds is 6. The molecule has 41 heavy (non-hydrogen) atoms. The molecule has 5 rings (SSSR count). The Morgan fingerprint density at radius 1 is 1.02 bits per heavy atom. The summed E-state index contributed by atoms with van der Waals surface area (Å²) in [6.07, 6.45) is 5.69. The van der Waals surface area contributed by atoms with E-state index in [0.29, 0.717) is 39.5 Å². The molecule has 1 N–H and O–H groups in total. The predicted octanol–water partition coefficient (Wildman–Crippen LogP) is 5.94.